The van der Waals surface area contributed by atoms with Crippen molar-refractivity contribution >= 4 is 17.9 Å². The maximum atomic E-state index is 11.6. The smallest absolute Gasteiger partial charge is 0.377 e. The molecule has 0 spiro atoms. The van der Waals surface area contributed by atoms with Crippen molar-refractivity contribution in [3.05, 3.63) is 41.3 Å². The van der Waals surface area contributed by atoms with Gasteiger partial charge < -0.3 is 24.1 Å². The quantitative estimate of drug-likeness (QED) is 0.456. The molecule has 0 amide bonds. The van der Waals surface area contributed by atoms with E-state index < -0.39 is 17.9 Å². The van der Waals surface area contributed by atoms with Crippen molar-refractivity contribution in [1.29, 1.82) is 0 Å². The lowest BCUT2D eigenvalue weighted by Crippen LogP contribution is -2.14. The fraction of sp³-hybridized carbons (Fsp3) is 0.267. The summed E-state index contributed by atoms with van der Waals surface area (Å²) in [5.74, 6) is -3.14. The first-order valence-electron chi connectivity index (χ1n) is 6.38. The zero-order chi connectivity index (χ0) is 17.4. The van der Waals surface area contributed by atoms with E-state index in [1.165, 1.54) is 32.2 Å². The van der Waals surface area contributed by atoms with Crippen molar-refractivity contribution < 1.29 is 38.4 Å². The highest BCUT2D eigenvalue weighted by atomic mass is 16.6. The Morgan fingerprint density at radius 1 is 1.22 bits per heavy atom. The number of benzene rings is 1. The van der Waals surface area contributed by atoms with Crippen LogP contribution in [0.15, 0.2) is 30.2 Å². The number of esters is 2. The Labute approximate surface area is 132 Å². The zero-order valence-corrected chi connectivity index (χ0v) is 12.8. The number of hydrogen-bond donors (Lipinski definition) is 1. The molecule has 0 saturated carbocycles. The average Bonchev–Trinajstić information content (AvgIpc) is 2.51. The van der Waals surface area contributed by atoms with Crippen LogP contribution in [0.4, 0.5) is 0 Å². The van der Waals surface area contributed by atoms with Gasteiger partial charge in [0.15, 0.2) is 0 Å². The van der Waals surface area contributed by atoms with Crippen LogP contribution in [0.1, 0.15) is 22.8 Å². The second-order valence-electron chi connectivity index (χ2n) is 4.19. The summed E-state index contributed by atoms with van der Waals surface area (Å²) in [5, 5.41) is 9.36. The van der Waals surface area contributed by atoms with Crippen LogP contribution >= 0.6 is 0 Å². The van der Waals surface area contributed by atoms with Gasteiger partial charge in [0.05, 0.1) is 14.2 Å². The third-order valence-electron chi connectivity index (χ3n) is 2.59. The van der Waals surface area contributed by atoms with E-state index in [0.717, 1.165) is 13.4 Å². The lowest BCUT2D eigenvalue weighted by Gasteiger charge is -2.13. The average molecular weight is 324 g/mol. The minimum absolute atomic E-state index is 0.115. The highest BCUT2D eigenvalue weighted by molar-refractivity contribution is 5.93. The van der Waals surface area contributed by atoms with Crippen molar-refractivity contribution in [2.45, 2.75) is 13.5 Å². The van der Waals surface area contributed by atoms with E-state index in [1.807, 2.05) is 0 Å². The lowest BCUT2D eigenvalue weighted by molar-refractivity contribution is -0.142. The monoisotopic (exact) mass is 324 g/mol. The van der Waals surface area contributed by atoms with Crippen LogP contribution in [0.5, 0.6) is 5.75 Å². The normalized spacial score (nSPS) is 10.7. The second-order valence-corrected chi connectivity index (χ2v) is 4.19. The largest absolute Gasteiger partial charge is 0.500 e. The molecule has 0 aliphatic heterocycles. The predicted molar refractivity (Wildman–Crippen MR) is 76.6 cm³/mol. The molecule has 1 N–H and O–H groups in total. The number of carbonyl (C=O) groups excluding carboxylic acids is 2. The molecule has 23 heavy (non-hydrogen) atoms. The van der Waals surface area contributed by atoms with Gasteiger partial charge >= 0.3 is 17.9 Å². The third-order valence-corrected chi connectivity index (χ3v) is 2.59. The van der Waals surface area contributed by atoms with Crippen LogP contribution < -0.4 is 4.74 Å². The van der Waals surface area contributed by atoms with E-state index in [9.17, 15) is 19.5 Å². The van der Waals surface area contributed by atoms with Gasteiger partial charge in [0, 0.05) is 12.5 Å². The summed E-state index contributed by atoms with van der Waals surface area (Å²) in [5.41, 5.74) is -0.0218. The van der Waals surface area contributed by atoms with Crippen LogP contribution in [-0.2, 0) is 30.4 Å². The van der Waals surface area contributed by atoms with Crippen LogP contribution in [0.2, 0.25) is 0 Å². The molecule has 0 unspecified atom stereocenters. The Kier molecular flexibility index (Phi) is 6.60. The zero-order valence-electron chi connectivity index (χ0n) is 12.8. The summed E-state index contributed by atoms with van der Waals surface area (Å²) in [7, 11) is 2.44. The SMILES string of the molecule is CO/C=C(/Oc1cccc(COC(C)=O)c1C(=O)O)C(=O)OC. The number of ether oxygens (including phenoxy) is 4. The molecule has 0 atom stereocenters. The Morgan fingerprint density at radius 2 is 1.91 bits per heavy atom. The summed E-state index contributed by atoms with van der Waals surface area (Å²) in [6, 6.07) is 4.33. The predicted octanol–water partition coefficient (Wildman–Crippen LogP) is 1.49. The van der Waals surface area contributed by atoms with Gasteiger partial charge in [-0.05, 0) is 6.07 Å². The molecular weight excluding hydrogens is 308 g/mol. The van der Waals surface area contributed by atoms with Gasteiger partial charge in [-0.25, -0.2) is 9.59 Å². The Morgan fingerprint density at radius 3 is 2.43 bits per heavy atom. The first kappa shape index (κ1) is 18.0. The highest BCUT2D eigenvalue weighted by Gasteiger charge is 2.21. The number of carboxylic acids is 1. The van der Waals surface area contributed by atoms with Crippen molar-refractivity contribution in [2.24, 2.45) is 0 Å². The molecule has 0 fully saturated rings. The van der Waals surface area contributed by atoms with Gasteiger partial charge in [0.2, 0.25) is 5.76 Å². The number of carboxylic acid groups (broad SMARTS) is 1. The first-order valence-corrected chi connectivity index (χ1v) is 6.38. The third kappa shape index (κ3) is 5.03. The van der Waals surface area contributed by atoms with Gasteiger partial charge in [-0.1, -0.05) is 12.1 Å². The molecule has 0 aliphatic carbocycles. The lowest BCUT2D eigenvalue weighted by atomic mass is 10.1. The summed E-state index contributed by atoms with van der Waals surface area (Å²) >= 11 is 0. The van der Waals surface area contributed by atoms with Crippen molar-refractivity contribution in [3.8, 4) is 5.75 Å². The minimum Gasteiger partial charge on any atom is -0.500 e. The van der Waals surface area contributed by atoms with E-state index in [2.05, 4.69) is 4.74 Å². The molecule has 0 bridgehead atoms. The number of aromatic carboxylic acids is 1. The topological polar surface area (TPSA) is 108 Å². The number of hydrogen-bond acceptors (Lipinski definition) is 7. The van der Waals surface area contributed by atoms with E-state index >= 15 is 0 Å². The van der Waals surface area contributed by atoms with E-state index in [-0.39, 0.29) is 29.2 Å². The maximum Gasteiger partial charge on any atom is 0.377 e. The molecule has 0 radical (unpaired) electrons. The van der Waals surface area contributed by atoms with Crippen molar-refractivity contribution in [3.63, 3.8) is 0 Å². The highest BCUT2D eigenvalue weighted by Crippen LogP contribution is 2.25. The molecule has 1 aromatic carbocycles. The van der Waals surface area contributed by atoms with E-state index in [0.29, 0.717) is 0 Å². The maximum absolute atomic E-state index is 11.6. The minimum atomic E-state index is -1.30. The number of rotatable bonds is 7. The first-order chi connectivity index (χ1) is 10.9. The van der Waals surface area contributed by atoms with Crippen LogP contribution in [0, 0.1) is 0 Å². The molecule has 0 aromatic heterocycles. The Balaban J connectivity index is 3.22. The Hall–Kier alpha value is -3.03. The number of methoxy groups -OCH3 is 2. The molecular formula is C15H16O8. The van der Waals surface area contributed by atoms with Gasteiger partial charge in [-0.2, -0.15) is 0 Å². The van der Waals surface area contributed by atoms with Gasteiger partial charge in [0.1, 0.15) is 24.2 Å². The molecule has 8 heteroatoms. The summed E-state index contributed by atoms with van der Waals surface area (Å²) < 4.78 is 19.3. The summed E-state index contributed by atoms with van der Waals surface area (Å²) in [6.45, 7) is 0.965. The van der Waals surface area contributed by atoms with Crippen LogP contribution in [0.25, 0.3) is 0 Å². The Bertz CT molecular complexity index is 632. The molecule has 1 rings (SSSR count). The molecule has 8 nitrogen and oxygen atoms in total. The van der Waals surface area contributed by atoms with Crippen molar-refractivity contribution in [1.82, 2.24) is 0 Å². The molecule has 1 aromatic rings. The second kappa shape index (κ2) is 8.42. The summed E-state index contributed by atoms with van der Waals surface area (Å²) in [6.07, 6.45) is 0.982. The fourth-order valence-corrected chi connectivity index (χ4v) is 1.64. The van der Waals surface area contributed by atoms with Gasteiger partial charge in [0.25, 0.3) is 0 Å². The molecule has 124 valence electrons. The van der Waals surface area contributed by atoms with Crippen LogP contribution in [0.3, 0.4) is 0 Å². The number of carbonyl (C=O) groups is 3. The van der Waals surface area contributed by atoms with Gasteiger partial charge in [-0.3, -0.25) is 4.79 Å². The summed E-state index contributed by atoms with van der Waals surface area (Å²) in [4.78, 5) is 33.9. The molecule has 0 aliphatic rings. The molecule has 0 heterocycles. The van der Waals surface area contributed by atoms with E-state index in [1.54, 1.807) is 0 Å². The standard InChI is InChI=1S/C15H16O8/c1-9(16)22-7-10-5-4-6-11(13(10)14(17)18)23-12(8-20-2)15(19)21-3/h4-6,8H,7H2,1-3H3,(H,17,18)/b12-8+. The van der Waals surface area contributed by atoms with Crippen molar-refractivity contribution in [2.75, 3.05) is 14.2 Å². The van der Waals surface area contributed by atoms with Crippen LogP contribution in [-0.4, -0.2) is 37.2 Å². The molecule has 0 saturated heterocycles. The van der Waals surface area contributed by atoms with Gasteiger partial charge in [-0.15, -0.1) is 0 Å². The van der Waals surface area contributed by atoms with E-state index in [4.69, 9.17) is 14.2 Å². The fourth-order valence-electron chi connectivity index (χ4n) is 1.64.